The quantitative estimate of drug-likeness (QED) is 0.384. The van der Waals surface area contributed by atoms with Gasteiger partial charge in [-0.25, -0.2) is 0 Å². The molecule has 1 aromatic carbocycles. The van der Waals surface area contributed by atoms with Crippen molar-refractivity contribution >= 4 is 46.8 Å². The monoisotopic (exact) mass is 548 g/mol. The molecule has 4 atom stereocenters. The molecule has 1 spiro atoms. The van der Waals surface area contributed by atoms with Gasteiger partial charge in [0.25, 0.3) is 0 Å². The predicted octanol–water partition coefficient (Wildman–Crippen LogP) is 3.79. The van der Waals surface area contributed by atoms with Gasteiger partial charge in [0.1, 0.15) is 17.9 Å². The Morgan fingerprint density at radius 3 is 2.43 bits per heavy atom. The van der Waals surface area contributed by atoms with E-state index in [-0.39, 0.29) is 40.9 Å². The Morgan fingerprint density at radius 2 is 1.81 bits per heavy atom. The van der Waals surface area contributed by atoms with Crippen LogP contribution in [0.5, 0.6) is 0 Å². The van der Waals surface area contributed by atoms with Gasteiger partial charge in [-0.2, -0.15) is 0 Å². The zero-order valence-electron chi connectivity index (χ0n) is 22.1. The van der Waals surface area contributed by atoms with E-state index in [1.165, 1.54) is 13.3 Å². The molecule has 2 heterocycles. The van der Waals surface area contributed by atoms with E-state index >= 15 is 0 Å². The second-order valence-corrected chi connectivity index (χ2v) is 13.5. The van der Waals surface area contributed by atoms with Gasteiger partial charge in [0, 0.05) is 25.8 Å². The van der Waals surface area contributed by atoms with Gasteiger partial charge in [0.2, 0.25) is 5.91 Å². The van der Waals surface area contributed by atoms with Gasteiger partial charge in [-0.1, -0.05) is 43.7 Å². The van der Waals surface area contributed by atoms with E-state index in [9.17, 15) is 24.3 Å². The van der Waals surface area contributed by atoms with E-state index in [4.69, 9.17) is 0 Å². The summed E-state index contributed by atoms with van der Waals surface area (Å²) in [6.07, 6.45) is 1.93. The van der Waals surface area contributed by atoms with E-state index in [1.54, 1.807) is 24.3 Å². The molecular weight excluding hydrogens is 508 g/mol. The molecule has 0 saturated carbocycles. The smallest absolute Gasteiger partial charge is 0.221 e. The number of hydrogen-bond donors (Lipinski definition) is 2. The molecular formula is C28H40N2O5S2. The van der Waals surface area contributed by atoms with Crippen molar-refractivity contribution in [3.05, 3.63) is 35.9 Å². The molecule has 2 aliphatic heterocycles. The molecule has 2 fully saturated rings. The molecule has 1 aromatic rings. The molecule has 3 rings (SSSR count). The van der Waals surface area contributed by atoms with Crippen LogP contribution in [0.25, 0.3) is 0 Å². The number of ketones is 3. The number of likely N-dealkylation sites (N-methyl/N-ethyl adjacent to an activating group) is 1. The summed E-state index contributed by atoms with van der Waals surface area (Å²) in [4.78, 5) is 52.9. The van der Waals surface area contributed by atoms with Gasteiger partial charge in [-0.3, -0.25) is 24.1 Å². The highest BCUT2D eigenvalue weighted by Crippen LogP contribution is 2.50. The molecule has 0 radical (unpaired) electrons. The highest BCUT2D eigenvalue weighted by atomic mass is 32.2. The zero-order chi connectivity index (χ0) is 27.0. The Kier molecular flexibility index (Phi) is 11.2. The highest BCUT2D eigenvalue weighted by Gasteiger charge is 2.47. The van der Waals surface area contributed by atoms with Crippen molar-refractivity contribution in [1.29, 1.82) is 0 Å². The molecule has 7 nitrogen and oxygen atoms in total. The van der Waals surface area contributed by atoms with Crippen molar-refractivity contribution in [2.75, 3.05) is 25.1 Å². The number of Topliss-reactive ketones (excluding diaryl/α,β-unsaturated/α-hetero) is 3. The minimum atomic E-state index is -1.28. The minimum absolute atomic E-state index is 0.0762. The number of likely N-dealkylation sites (tertiary alicyclic amines) is 1. The number of thioether (sulfide) groups is 2. The lowest BCUT2D eigenvalue weighted by atomic mass is 9.86. The predicted molar refractivity (Wildman–Crippen MR) is 150 cm³/mol. The summed E-state index contributed by atoms with van der Waals surface area (Å²) in [6, 6.07) is 7.99. The van der Waals surface area contributed by atoms with Crippen molar-refractivity contribution in [3.63, 3.8) is 0 Å². The fraction of sp³-hybridized carbons (Fsp3) is 0.643. The Hall–Kier alpha value is -1.68. The van der Waals surface area contributed by atoms with Crippen LogP contribution in [0, 0.1) is 5.92 Å². The van der Waals surface area contributed by atoms with Gasteiger partial charge < -0.3 is 10.4 Å². The number of rotatable bonds is 13. The lowest BCUT2D eigenvalue weighted by molar-refractivity contribution is -0.134. The largest absolute Gasteiger partial charge is 0.385 e. The molecule has 9 heteroatoms. The first-order chi connectivity index (χ1) is 17.7. The second-order valence-electron chi connectivity index (χ2n) is 10.2. The van der Waals surface area contributed by atoms with Crippen LogP contribution in [0.1, 0.15) is 70.4 Å². The molecule has 204 valence electrons. The molecule has 0 bridgehead atoms. The summed E-state index contributed by atoms with van der Waals surface area (Å²) in [7, 11) is 1.99. The first-order valence-electron chi connectivity index (χ1n) is 13.2. The van der Waals surface area contributed by atoms with Crippen molar-refractivity contribution in [3.8, 4) is 0 Å². The van der Waals surface area contributed by atoms with Crippen LogP contribution < -0.4 is 5.32 Å². The Bertz CT molecular complexity index is 951. The number of amides is 1. The Balaban J connectivity index is 1.54. The topological polar surface area (TPSA) is 104 Å². The number of carbonyl (C=O) groups is 4. The van der Waals surface area contributed by atoms with Crippen LogP contribution in [0.4, 0.5) is 0 Å². The number of benzene rings is 1. The molecule has 2 N–H and O–H groups in total. The van der Waals surface area contributed by atoms with Crippen LogP contribution >= 0.6 is 23.5 Å². The van der Waals surface area contributed by atoms with Crippen molar-refractivity contribution in [1.82, 2.24) is 10.2 Å². The molecule has 0 aromatic heterocycles. The van der Waals surface area contributed by atoms with E-state index in [0.717, 1.165) is 30.9 Å². The number of nitrogens with one attached hydrogen (secondary N) is 1. The maximum Gasteiger partial charge on any atom is 0.221 e. The van der Waals surface area contributed by atoms with Crippen LogP contribution in [0.2, 0.25) is 0 Å². The van der Waals surface area contributed by atoms with E-state index in [2.05, 4.69) is 10.2 Å². The first-order valence-corrected chi connectivity index (χ1v) is 15.2. The SMILES string of the molecule is CCCC(CC(=O)[C@@H]1CC2(CN1C)SCCCS2)C(O)C(=O)CCC(=O)N[C@H](C(C)=O)c1ccccc1. The Morgan fingerprint density at radius 1 is 1.14 bits per heavy atom. The normalized spacial score (nSPS) is 21.8. The van der Waals surface area contributed by atoms with Gasteiger partial charge in [-0.05, 0) is 56.2 Å². The Labute approximate surface area is 228 Å². The highest BCUT2D eigenvalue weighted by molar-refractivity contribution is 8.18. The summed E-state index contributed by atoms with van der Waals surface area (Å²) in [5, 5.41) is 13.6. The number of aliphatic hydroxyl groups excluding tert-OH is 1. The molecule has 1 amide bonds. The van der Waals surface area contributed by atoms with E-state index in [0.29, 0.717) is 12.0 Å². The lowest BCUT2D eigenvalue weighted by Crippen LogP contribution is -2.38. The van der Waals surface area contributed by atoms with Gasteiger partial charge in [0.15, 0.2) is 11.6 Å². The minimum Gasteiger partial charge on any atom is -0.385 e. The van der Waals surface area contributed by atoms with Crippen LogP contribution in [-0.2, 0) is 19.2 Å². The maximum atomic E-state index is 13.3. The van der Waals surface area contributed by atoms with Crippen molar-refractivity contribution in [2.45, 2.75) is 81.1 Å². The third kappa shape index (κ3) is 8.15. The third-order valence-corrected chi connectivity index (χ3v) is 10.6. The molecule has 0 aliphatic carbocycles. The van der Waals surface area contributed by atoms with E-state index < -0.39 is 29.8 Å². The third-order valence-electron chi connectivity index (χ3n) is 7.26. The number of hydrogen-bond acceptors (Lipinski definition) is 8. The average molecular weight is 549 g/mol. The van der Waals surface area contributed by atoms with Crippen LogP contribution in [-0.4, -0.2) is 74.6 Å². The van der Waals surface area contributed by atoms with Crippen molar-refractivity contribution in [2.24, 2.45) is 5.92 Å². The standard InChI is InChI=1S/C28H40N2O5S2/c1-4-9-21(16-24(33)22-17-28(18-30(22)3)36-14-8-15-37-28)27(35)23(32)12-13-25(34)29-26(19(2)31)20-10-6-5-7-11-20/h5-7,10-11,21-22,26-27,35H,4,8-9,12-18H2,1-3H3,(H,29,34)/t21?,22-,26+,27?/m0/s1. The number of nitrogens with zero attached hydrogens (tertiary/aromatic N) is 1. The molecule has 2 unspecified atom stereocenters. The summed E-state index contributed by atoms with van der Waals surface area (Å²) in [5.74, 6) is 0.818. The number of carbonyl (C=O) groups excluding carboxylic acids is 4. The fourth-order valence-corrected chi connectivity index (χ4v) is 8.75. The molecule has 37 heavy (non-hydrogen) atoms. The first kappa shape index (κ1) is 29.9. The summed E-state index contributed by atoms with van der Waals surface area (Å²) < 4.78 is 0.0762. The van der Waals surface area contributed by atoms with E-state index in [1.807, 2.05) is 43.6 Å². The summed E-state index contributed by atoms with van der Waals surface area (Å²) >= 11 is 3.92. The maximum absolute atomic E-state index is 13.3. The second kappa shape index (κ2) is 13.9. The molecule has 2 saturated heterocycles. The van der Waals surface area contributed by atoms with Crippen LogP contribution in [0.15, 0.2) is 30.3 Å². The lowest BCUT2D eigenvalue weighted by Gasteiger charge is -2.31. The van der Waals surface area contributed by atoms with Crippen LogP contribution in [0.3, 0.4) is 0 Å². The number of aliphatic hydroxyl groups is 1. The van der Waals surface area contributed by atoms with Gasteiger partial charge in [0.05, 0.1) is 10.1 Å². The molecule has 2 aliphatic rings. The summed E-state index contributed by atoms with van der Waals surface area (Å²) in [5.41, 5.74) is 0.680. The van der Waals surface area contributed by atoms with Gasteiger partial charge in [-0.15, -0.1) is 23.5 Å². The fourth-order valence-electron chi connectivity index (χ4n) is 5.27. The summed E-state index contributed by atoms with van der Waals surface area (Å²) in [6.45, 7) is 4.26. The average Bonchev–Trinajstić information content (AvgIpc) is 3.20. The van der Waals surface area contributed by atoms with Gasteiger partial charge >= 0.3 is 0 Å². The zero-order valence-corrected chi connectivity index (χ0v) is 23.7. The van der Waals surface area contributed by atoms with Crippen molar-refractivity contribution < 1.29 is 24.3 Å².